The van der Waals surface area contributed by atoms with Gasteiger partial charge in [0.25, 0.3) is 5.91 Å². The van der Waals surface area contributed by atoms with Gasteiger partial charge in [-0.3, -0.25) is 10.1 Å². The standard InChI is InChI=1S/C13H15N3OS2/c1-13(2)5-3-8-10(7-13)19-12(14-8)15-11(17)9-4-6-18-16-9/h4,6H,3,5,7H2,1-2H3,(H,14,15,17). The fraction of sp³-hybridized carbons (Fsp3) is 0.462. The van der Waals surface area contributed by atoms with Gasteiger partial charge >= 0.3 is 0 Å². The Bertz CT molecular complexity index is 601. The van der Waals surface area contributed by atoms with Gasteiger partial charge in [0.15, 0.2) is 5.13 Å². The van der Waals surface area contributed by atoms with E-state index in [1.54, 1.807) is 22.8 Å². The lowest BCUT2D eigenvalue weighted by Gasteiger charge is -2.28. The van der Waals surface area contributed by atoms with E-state index in [4.69, 9.17) is 0 Å². The van der Waals surface area contributed by atoms with Crippen LogP contribution in [0.25, 0.3) is 0 Å². The van der Waals surface area contributed by atoms with Crippen molar-refractivity contribution in [2.24, 2.45) is 5.41 Å². The topological polar surface area (TPSA) is 54.9 Å². The summed E-state index contributed by atoms with van der Waals surface area (Å²) in [6.07, 6.45) is 3.21. The minimum absolute atomic E-state index is 0.174. The highest BCUT2D eigenvalue weighted by Crippen LogP contribution is 2.38. The van der Waals surface area contributed by atoms with Crippen LogP contribution < -0.4 is 5.32 Å². The van der Waals surface area contributed by atoms with Crippen LogP contribution in [0.4, 0.5) is 5.13 Å². The van der Waals surface area contributed by atoms with Crippen LogP contribution in [0.3, 0.4) is 0 Å². The van der Waals surface area contributed by atoms with Crippen LogP contribution in [0.5, 0.6) is 0 Å². The van der Waals surface area contributed by atoms with Crippen molar-refractivity contribution in [3.63, 3.8) is 0 Å². The number of thiazole rings is 1. The number of amides is 1. The molecule has 2 heterocycles. The van der Waals surface area contributed by atoms with E-state index in [0.29, 0.717) is 16.2 Å². The molecule has 1 aliphatic rings. The zero-order chi connectivity index (χ0) is 13.5. The Morgan fingerprint density at radius 2 is 2.32 bits per heavy atom. The Hall–Kier alpha value is -1.27. The van der Waals surface area contributed by atoms with Crippen molar-refractivity contribution in [3.8, 4) is 0 Å². The molecule has 0 bridgehead atoms. The molecule has 1 N–H and O–H groups in total. The van der Waals surface area contributed by atoms with Gasteiger partial charge in [-0.2, -0.15) is 4.37 Å². The van der Waals surface area contributed by atoms with Gasteiger partial charge in [0.2, 0.25) is 0 Å². The summed E-state index contributed by atoms with van der Waals surface area (Å²) in [6, 6.07) is 1.72. The molecule has 19 heavy (non-hydrogen) atoms. The molecular formula is C13H15N3OS2. The molecule has 0 unspecified atom stereocenters. The van der Waals surface area contributed by atoms with Crippen LogP contribution in [0, 0.1) is 5.41 Å². The van der Waals surface area contributed by atoms with E-state index in [1.165, 1.54) is 16.4 Å². The maximum absolute atomic E-state index is 11.9. The normalized spacial score (nSPS) is 16.9. The number of hydrogen-bond acceptors (Lipinski definition) is 5. The largest absolute Gasteiger partial charge is 0.296 e. The highest BCUT2D eigenvalue weighted by atomic mass is 32.1. The van der Waals surface area contributed by atoms with Gasteiger partial charge in [-0.15, -0.1) is 11.3 Å². The summed E-state index contributed by atoms with van der Waals surface area (Å²) in [5.41, 5.74) is 1.95. The molecule has 0 atom stereocenters. The average molecular weight is 293 g/mol. The summed E-state index contributed by atoms with van der Waals surface area (Å²) in [5, 5.41) is 5.33. The van der Waals surface area contributed by atoms with Gasteiger partial charge in [0, 0.05) is 10.3 Å². The zero-order valence-corrected chi connectivity index (χ0v) is 12.5. The number of nitrogens with zero attached hydrogens (tertiary/aromatic N) is 2. The first-order valence-electron chi connectivity index (χ1n) is 6.24. The van der Waals surface area contributed by atoms with Crippen LogP contribution in [0.2, 0.25) is 0 Å². The Labute approximate surface area is 120 Å². The fourth-order valence-electron chi connectivity index (χ4n) is 2.24. The first-order chi connectivity index (χ1) is 9.03. The first-order valence-corrected chi connectivity index (χ1v) is 7.89. The zero-order valence-electron chi connectivity index (χ0n) is 10.9. The molecule has 0 radical (unpaired) electrons. The maximum Gasteiger partial charge on any atom is 0.277 e. The van der Waals surface area contributed by atoms with E-state index >= 15 is 0 Å². The number of fused-ring (bicyclic) bond motifs is 1. The molecule has 4 nitrogen and oxygen atoms in total. The molecule has 0 saturated heterocycles. The minimum atomic E-state index is -0.174. The molecule has 2 aromatic rings. The lowest BCUT2D eigenvalue weighted by atomic mass is 9.79. The lowest BCUT2D eigenvalue weighted by molar-refractivity contribution is 0.102. The first kappa shape index (κ1) is 12.7. The van der Waals surface area contributed by atoms with Gasteiger partial charge < -0.3 is 0 Å². The molecule has 6 heteroatoms. The van der Waals surface area contributed by atoms with Crippen LogP contribution in [-0.2, 0) is 12.8 Å². The molecular weight excluding hydrogens is 278 g/mol. The third-order valence-electron chi connectivity index (χ3n) is 3.35. The molecule has 100 valence electrons. The summed E-state index contributed by atoms with van der Waals surface area (Å²) < 4.78 is 4.02. The van der Waals surface area contributed by atoms with Gasteiger partial charge in [-0.05, 0) is 42.3 Å². The summed E-state index contributed by atoms with van der Waals surface area (Å²) >= 11 is 2.87. The van der Waals surface area contributed by atoms with Gasteiger partial charge in [0.05, 0.1) is 5.69 Å². The fourth-order valence-corrected chi connectivity index (χ4v) is 4.01. The molecule has 1 aliphatic carbocycles. The van der Waals surface area contributed by atoms with E-state index in [2.05, 4.69) is 28.5 Å². The average Bonchev–Trinajstić information content (AvgIpc) is 2.95. The van der Waals surface area contributed by atoms with E-state index in [0.717, 1.165) is 25.0 Å². The van der Waals surface area contributed by atoms with Crippen molar-refractivity contribution in [2.45, 2.75) is 33.1 Å². The van der Waals surface area contributed by atoms with Crippen LogP contribution in [-0.4, -0.2) is 15.3 Å². The van der Waals surface area contributed by atoms with E-state index in [-0.39, 0.29) is 5.91 Å². The summed E-state index contributed by atoms with van der Waals surface area (Å²) in [7, 11) is 0. The smallest absolute Gasteiger partial charge is 0.277 e. The van der Waals surface area contributed by atoms with Crippen LogP contribution >= 0.6 is 22.9 Å². The number of carbonyl (C=O) groups is 1. The van der Waals surface area contributed by atoms with Crippen molar-refractivity contribution in [1.82, 2.24) is 9.36 Å². The predicted molar refractivity (Wildman–Crippen MR) is 78.0 cm³/mol. The monoisotopic (exact) mass is 293 g/mol. The number of anilines is 1. The van der Waals surface area contributed by atoms with Crippen LogP contribution in [0.15, 0.2) is 11.4 Å². The number of nitrogens with one attached hydrogen (secondary N) is 1. The third-order valence-corrected chi connectivity index (χ3v) is 4.92. The third kappa shape index (κ3) is 2.69. The molecule has 0 fully saturated rings. The van der Waals surface area contributed by atoms with Gasteiger partial charge in [0.1, 0.15) is 5.69 Å². The number of carbonyl (C=O) groups excluding carboxylic acids is 1. The van der Waals surface area contributed by atoms with Gasteiger partial charge in [-0.25, -0.2) is 4.98 Å². The number of aromatic nitrogens is 2. The maximum atomic E-state index is 11.9. The van der Waals surface area contributed by atoms with Crippen molar-refractivity contribution in [1.29, 1.82) is 0 Å². The second kappa shape index (κ2) is 4.68. The molecule has 2 aromatic heterocycles. The quantitative estimate of drug-likeness (QED) is 0.923. The Morgan fingerprint density at radius 1 is 1.47 bits per heavy atom. The van der Waals surface area contributed by atoms with E-state index in [1.807, 2.05) is 0 Å². The Kier molecular flexibility index (Phi) is 3.14. The second-order valence-corrected chi connectivity index (χ2v) is 7.32. The highest BCUT2D eigenvalue weighted by Gasteiger charge is 2.28. The summed E-state index contributed by atoms with van der Waals surface area (Å²) in [4.78, 5) is 17.8. The number of hydrogen-bond donors (Lipinski definition) is 1. The van der Waals surface area contributed by atoms with Gasteiger partial charge in [-0.1, -0.05) is 13.8 Å². The second-order valence-electron chi connectivity index (χ2n) is 5.57. The molecule has 3 rings (SSSR count). The molecule has 0 saturated carbocycles. The molecule has 0 aliphatic heterocycles. The lowest BCUT2D eigenvalue weighted by Crippen LogP contribution is -2.20. The predicted octanol–water partition coefficient (Wildman–Crippen LogP) is 3.37. The van der Waals surface area contributed by atoms with Crippen molar-refractivity contribution >= 4 is 33.9 Å². The summed E-state index contributed by atoms with van der Waals surface area (Å²) in [6.45, 7) is 4.56. The number of rotatable bonds is 2. The SMILES string of the molecule is CC1(C)CCc2nc(NC(=O)c3ccsn3)sc2C1. The minimum Gasteiger partial charge on any atom is -0.296 e. The van der Waals surface area contributed by atoms with Crippen LogP contribution in [0.1, 0.15) is 41.3 Å². The Morgan fingerprint density at radius 3 is 3.05 bits per heavy atom. The van der Waals surface area contributed by atoms with Crippen molar-refractivity contribution in [2.75, 3.05) is 5.32 Å². The molecule has 0 aromatic carbocycles. The summed E-state index contributed by atoms with van der Waals surface area (Å²) in [5.74, 6) is -0.174. The number of aryl methyl sites for hydroxylation is 1. The molecule has 1 amide bonds. The Balaban J connectivity index is 1.77. The van der Waals surface area contributed by atoms with Crippen molar-refractivity contribution < 1.29 is 4.79 Å². The highest BCUT2D eigenvalue weighted by molar-refractivity contribution is 7.15. The van der Waals surface area contributed by atoms with E-state index < -0.39 is 0 Å². The van der Waals surface area contributed by atoms with Crippen molar-refractivity contribution in [3.05, 3.63) is 27.7 Å². The van der Waals surface area contributed by atoms with E-state index in [9.17, 15) is 4.79 Å². The molecule has 0 spiro atoms.